The Hall–Kier alpha value is -3.23. The third-order valence-corrected chi connectivity index (χ3v) is 2.90. The van der Waals surface area contributed by atoms with Gasteiger partial charge in [0.1, 0.15) is 12.1 Å². The standard InChI is InChI=1S/C14H14N6O3/c1-8(21)16-13-6-15-20(19-13)7-14(22)18-10-3-4-11-12(5-10)23-9(2)17-11/h3-6H,7H2,1-2H3,(H,18,22)(H,16,19,21). The van der Waals surface area contributed by atoms with Crippen molar-refractivity contribution in [2.24, 2.45) is 0 Å². The van der Waals surface area contributed by atoms with E-state index in [0.717, 1.165) is 5.52 Å². The number of hydrogen-bond donors (Lipinski definition) is 2. The topological polar surface area (TPSA) is 115 Å². The minimum Gasteiger partial charge on any atom is -0.441 e. The van der Waals surface area contributed by atoms with Gasteiger partial charge in [-0.15, -0.1) is 5.10 Å². The number of hydrogen-bond acceptors (Lipinski definition) is 6. The first-order valence-electron chi connectivity index (χ1n) is 6.84. The molecule has 0 aliphatic heterocycles. The van der Waals surface area contributed by atoms with Crippen LogP contribution in [0, 0.1) is 6.92 Å². The summed E-state index contributed by atoms with van der Waals surface area (Å²) in [7, 11) is 0. The van der Waals surface area contributed by atoms with E-state index in [2.05, 4.69) is 25.8 Å². The Labute approximate surface area is 130 Å². The molecule has 9 nitrogen and oxygen atoms in total. The predicted octanol–water partition coefficient (Wildman–Crippen LogP) is 1.32. The summed E-state index contributed by atoms with van der Waals surface area (Å²) in [4.78, 5) is 28.3. The van der Waals surface area contributed by atoms with Crippen LogP contribution in [0.15, 0.2) is 28.8 Å². The van der Waals surface area contributed by atoms with Crippen molar-refractivity contribution in [1.29, 1.82) is 0 Å². The number of anilines is 2. The average Bonchev–Trinajstić information content (AvgIpc) is 3.03. The minimum absolute atomic E-state index is 0.0763. The van der Waals surface area contributed by atoms with Gasteiger partial charge in [0.2, 0.25) is 11.8 Å². The van der Waals surface area contributed by atoms with E-state index in [0.29, 0.717) is 23.0 Å². The van der Waals surface area contributed by atoms with Gasteiger partial charge in [0, 0.05) is 25.6 Å². The van der Waals surface area contributed by atoms with Gasteiger partial charge in [0.25, 0.3) is 0 Å². The molecule has 0 unspecified atom stereocenters. The molecular formula is C14H14N6O3. The van der Waals surface area contributed by atoms with Crippen molar-refractivity contribution in [2.75, 3.05) is 10.6 Å². The molecule has 0 atom stereocenters. The van der Waals surface area contributed by atoms with Crippen LogP contribution in [0.25, 0.3) is 11.1 Å². The van der Waals surface area contributed by atoms with Gasteiger partial charge in [-0.05, 0) is 12.1 Å². The Morgan fingerprint density at radius 2 is 2.13 bits per heavy atom. The molecule has 0 radical (unpaired) electrons. The summed E-state index contributed by atoms with van der Waals surface area (Å²) in [6.07, 6.45) is 1.37. The molecular weight excluding hydrogens is 300 g/mol. The normalized spacial score (nSPS) is 10.7. The smallest absolute Gasteiger partial charge is 0.247 e. The van der Waals surface area contributed by atoms with Crippen LogP contribution in [0.5, 0.6) is 0 Å². The quantitative estimate of drug-likeness (QED) is 0.750. The van der Waals surface area contributed by atoms with Crippen LogP contribution in [0.1, 0.15) is 12.8 Å². The van der Waals surface area contributed by atoms with E-state index in [4.69, 9.17) is 4.42 Å². The largest absolute Gasteiger partial charge is 0.441 e. The van der Waals surface area contributed by atoms with Gasteiger partial charge < -0.3 is 15.1 Å². The van der Waals surface area contributed by atoms with Crippen LogP contribution >= 0.6 is 0 Å². The van der Waals surface area contributed by atoms with E-state index < -0.39 is 0 Å². The summed E-state index contributed by atoms with van der Waals surface area (Å²) < 4.78 is 5.42. The number of carbonyl (C=O) groups excluding carboxylic acids is 2. The first kappa shape index (κ1) is 14.7. The highest BCUT2D eigenvalue weighted by atomic mass is 16.3. The van der Waals surface area contributed by atoms with Crippen LogP contribution in [-0.4, -0.2) is 31.8 Å². The monoisotopic (exact) mass is 314 g/mol. The maximum atomic E-state index is 12.0. The maximum Gasteiger partial charge on any atom is 0.247 e. The average molecular weight is 314 g/mol. The van der Waals surface area contributed by atoms with E-state index in [1.54, 1.807) is 25.1 Å². The number of carbonyl (C=O) groups is 2. The lowest BCUT2D eigenvalue weighted by Gasteiger charge is -2.04. The highest BCUT2D eigenvalue weighted by Crippen LogP contribution is 2.19. The first-order valence-corrected chi connectivity index (χ1v) is 6.84. The van der Waals surface area contributed by atoms with Gasteiger partial charge in [0.15, 0.2) is 17.3 Å². The molecule has 3 rings (SSSR count). The molecule has 0 aliphatic rings. The summed E-state index contributed by atoms with van der Waals surface area (Å²) in [6, 6.07) is 5.20. The highest BCUT2D eigenvalue weighted by Gasteiger charge is 2.09. The molecule has 9 heteroatoms. The number of benzene rings is 1. The molecule has 0 aliphatic carbocycles. The van der Waals surface area contributed by atoms with E-state index in [1.165, 1.54) is 17.9 Å². The third kappa shape index (κ3) is 3.51. The summed E-state index contributed by atoms with van der Waals surface area (Å²) in [5.74, 6) is 0.307. The SMILES string of the molecule is CC(=O)Nc1cnn(CC(=O)Nc2ccc3nc(C)oc3c2)n1. The molecule has 23 heavy (non-hydrogen) atoms. The summed E-state index contributed by atoms with van der Waals surface area (Å²) in [5, 5.41) is 13.1. The lowest BCUT2D eigenvalue weighted by Crippen LogP contribution is -2.20. The fraction of sp³-hybridized carbons (Fsp3) is 0.214. The zero-order chi connectivity index (χ0) is 16.4. The molecule has 118 valence electrons. The predicted molar refractivity (Wildman–Crippen MR) is 81.7 cm³/mol. The minimum atomic E-state index is -0.300. The fourth-order valence-electron chi connectivity index (χ4n) is 2.06. The van der Waals surface area contributed by atoms with Gasteiger partial charge in [-0.3, -0.25) is 9.59 Å². The van der Waals surface area contributed by atoms with Crippen molar-refractivity contribution < 1.29 is 14.0 Å². The molecule has 0 fully saturated rings. The van der Waals surface area contributed by atoms with Crippen molar-refractivity contribution >= 4 is 34.4 Å². The van der Waals surface area contributed by atoms with Crippen LogP contribution in [0.4, 0.5) is 11.5 Å². The Bertz CT molecular complexity index is 882. The lowest BCUT2D eigenvalue weighted by molar-refractivity contribution is -0.117. The number of nitrogens with one attached hydrogen (secondary N) is 2. The van der Waals surface area contributed by atoms with Gasteiger partial charge in [-0.25, -0.2) is 4.98 Å². The molecule has 0 saturated heterocycles. The highest BCUT2D eigenvalue weighted by molar-refractivity contribution is 5.92. The number of oxazole rings is 1. The molecule has 1 aromatic carbocycles. The summed E-state index contributed by atoms with van der Waals surface area (Å²) in [5.41, 5.74) is 1.92. The van der Waals surface area contributed by atoms with E-state index >= 15 is 0 Å². The molecule has 0 spiro atoms. The second-order valence-corrected chi connectivity index (χ2v) is 4.90. The van der Waals surface area contributed by atoms with E-state index in [9.17, 15) is 9.59 Å². The molecule has 2 amide bonds. The molecule has 2 heterocycles. The van der Waals surface area contributed by atoms with E-state index in [-0.39, 0.29) is 18.4 Å². The van der Waals surface area contributed by atoms with Crippen LogP contribution in [0.3, 0.4) is 0 Å². The van der Waals surface area contributed by atoms with Gasteiger partial charge in [0.05, 0.1) is 6.20 Å². The van der Waals surface area contributed by atoms with Crippen molar-refractivity contribution in [2.45, 2.75) is 20.4 Å². The van der Waals surface area contributed by atoms with Gasteiger partial charge in [-0.2, -0.15) is 9.90 Å². The number of fused-ring (bicyclic) bond motifs is 1. The van der Waals surface area contributed by atoms with Crippen molar-refractivity contribution in [1.82, 2.24) is 20.0 Å². The number of nitrogens with zero attached hydrogens (tertiary/aromatic N) is 4. The molecule has 0 saturated carbocycles. The number of amides is 2. The van der Waals surface area contributed by atoms with Crippen LogP contribution in [0.2, 0.25) is 0 Å². The van der Waals surface area contributed by atoms with Gasteiger partial charge >= 0.3 is 0 Å². The third-order valence-electron chi connectivity index (χ3n) is 2.90. The Balaban J connectivity index is 1.65. The maximum absolute atomic E-state index is 12.0. The fourth-order valence-corrected chi connectivity index (χ4v) is 2.06. The lowest BCUT2D eigenvalue weighted by atomic mass is 10.3. The molecule has 2 aromatic heterocycles. The van der Waals surface area contributed by atoms with E-state index in [1.807, 2.05) is 0 Å². The van der Waals surface area contributed by atoms with Crippen LogP contribution in [-0.2, 0) is 16.1 Å². The number of aryl methyl sites for hydroxylation is 1. The zero-order valence-corrected chi connectivity index (χ0v) is 12.5. The van der Waals surface area contributed by atoms with Crippen molar-refractivity contribution in [3.05, 3.63) is 30.3 Å². The molecule has 3 aromatic rings. The summed E-state index contributed by atoms with van der Waals surface area (Å²) >= 11 is 0. The Kier molecular flexibility index (Phi) is 3.75. The second-order valence-electron chi connectivity index (χ2n) is 4.90. The van der Waals surface area contributed by atoms with Crippen LogP contribution < -0.4 is 10.6 Å². The summed E-state index contributed by atoms with van der Waals surface area (Å²) in [6.45, 7) is 3.05. The van der Waals surface area contributed by atoms with Gasteiger partial charge in [-0.1, -0.05) is 0 Å². The molecule has 2 N–H and O–H groups in total. The first-order chi connectivity index (χ1) is 11.0. The Morgan fingerprint density at radius 3 is 2.91 bits per heavy atom. The number of aromatic nitrogens is 4. The van der Waals surface area contributed by atoms with Crippen molar-refractivity contribution in [3.63, 3.8) is 0 Å². The van der Waals surface area contributed by atoms with Crippen molar-refractivity contribution in [3.8, 4) is 0 Å². The zero-order valence-electron chi connectivity index (χ0n) is 12.5. The molecule has 0 bridgehead atoms. The number of rotatable bonds is 4. The second kappa shape index (κ2) is 5.87. The Morgan fingerprint density at radius 1 is 1.30 bits per heavy atom.